The average molecular weight is 395 g/mol. The van der Waals surface area contributed by atoms with E-state index in [1.807, 2.05) is 0 Å². The maximum Gasteiger partial charge on any atom is 0.340 e. The zero-order valence-corrected chi connectivity index (χ0v) is 14.4. The largest absolute Gasteiger partial charge is 0.465 e. The van der Waals surface area contributed by atoms with Gasteiger partial charge < -0.3 is 19.8 Å². The molecule has 126 valence electrons. The number of nitrogens with one attached hydrogen (secondary N) is 2. The highest BCUT2D eigenvalue weighted by atomic mass is 79.9. The van der Waals surface area contributed by atoms with Crippen LogP contribution in [0.1, 0.15) is 27.3 Å². The first-order chi connectivity index (χ1) is 11.5. The maximum atomic E-state index is 12.0. The fourth-order valence-electron chi connectivity index (χ4n) is 1.90. The first kappa shape index (κ1) is 17.7. The molecule has 0 aliphatic carbocycles. The van der Waals surface area contributed by atoms with E-state index in [4.69, 9.17) is 4.42 Å². The van der Waals surface area contributed by atoms with Crippen molar-refractivity contribution in [3.63, 3.8) is 0 Å². The lowest BCUT2D eigenvalue weighted by Gasteiger charge is -2.10. The molecule has 0 fully saturated rings. The van der Waals surface area contributed by atoms with Crippen LogP contribution in [-0.4, -0.2) is 31.4 Å². The number of hydrogen-bond acceptors (Lipinski definition) is 5. The van der Waals surface area contributed by atoms with Gasteiger partial charge in [-0.3, -0.25) is 9.59 Å². The molecule has 0 aliphatic heterocycles. The predicted octanol–water partition coefficient (Wildman–Crippen LogP) is 2.59. The van der Waals surface area contributed by atoms with Gasteiger partial charge >= 0.3 is 5.97 Å². The van der Waals surface area contributed by atoms with Crippen LogP contribution in [0.5, 0.6) is 0 Å². The van der Waals surface area contributed by atoms with E-state index in [1.54, 1.807) is 24.3 Å². The number of ether oxygens (including phenoxy) is 1. The van der Waals surface area contributed by atoms with Gasteiger partial charge in [0.1, 0.15) is 0 Å². The van der Waals surface area contributed by atoms with Crippen molar-refractivity contribution >= 4 is 39.4 Å². The SMILES string of the molecule is COC(=O)c1cc(Br)ccc1NC(=O)CCNC(=O)c1ccco1. The number of benzene rings is 1. The molecular formula is C16H15BrN2O5. The van der Waals surface area contributed by atoms with Crippen LogP contribution in [0.15, 0.2) is 45.5 Å². The second kappa shape index (κ2) is 8.30. The van der Waals surface area contributed by atoms with E-state index in [0.29, 0.717) is 10.2 Å². The van der Waals surface area contributed by atoms with E-state index in [-0.39, 0.29) is 30.2 Å². The van der Waals surface area contributed by atoms with Crippen molar-refractivity contribution in [3.8, 4) is 0 Å². The molecule has 0 unspecified atom stereocenters. The molecule has 0 atom stereocenters. The number of carbonyl (C=O) groups is 3. The van der Waals surface area contributed by atoms with Gasteiger partial charge in [0.2, 0.25) is 5.91 Å². The molecule has 24 heavy (non-hydrogen) atoms. The Labute approximate surface area is 146 Å². The molecule has 0 radical (unpaired) electrons. The van der Waals surface area contributed by atoms with Gasteiger partial charge in [-0.15, -0.1) is 0 Å². The molecule has 0 bridgehead atoms. The van der Waals surface area contributed by atoms with Crippen molar-refractivity contribution < 1.29 is 23.5 Å². The van der Waals surface area contributed by atoms with Crippen molar-refractivity contribution in [2.24, 2.45) is 0 Å². The Morgan fingerprint density at radius 3 is 2.71 bits per heavy atom. The molecular weight excluding hydrogens is 380 g/mol. The predicted molar refractivity (Wildman–Crippen MR) is 89.8 cm³/mol. The van der Waals surface area contributed by atoms with Crippen molar-refractivity contribution in [1.29, 1.82) is 0 Å². The van der Waals surface area contributed by atoms with Crippen molar-refractivity contribution in [3.05, 3.63) is 52.4 Å². The summed E-state index contributed by atoms with van der Waals surface area (Å²) in [6.07, 6.45) is 1.44. The number of hydrogen-bond donors (Lipinski definition) is 2. The molecule has 0 aliphatic rings. The Morgan fingerprint density at radius 2 is 2.04 bits per heavy atom. The number of amides is 2. The van der Waals surface area contributed by atoms with Crippen LogP contribution in [-0.2, 0) is 9.53 Å². The zero-order chi connectivity index (χ0) is 17.5. The summed E-state index contributed by atoms with van der Waals surface area (Å²) in [5, 5.41) is 5.19. The normalized spacial score (nSPS) is 10.1. The number of methoxy groups -OCH3 is 1. The van der Waals surface area contributed by atoms with Crippen LogP contribution in [0.25, 0.3) is 0 Å². The van der Waals surface area contributed by atoms with Crippen LogP contribution in [0, 0.1) is 0 Å². The van der Waals surface area contributed by atoms with Crippen LogP contribution in [0.3, 0.4) is 0 Å². The molecule has 0 spiro atoms. The average Bonchev–Trinajstić information content (AvgIpc) is 3.10. The van der Waals surface area contributed by atoms with E-state index in [1.165, 1.54) is 19.4 Å². The fraction of sp³-hybridized carbons (Fsp3) is 0.188. The van der Waals surface area contributed by atoms with Crippen molar-refractivity contribution in [1.82, 2.24) is 5.32 Å². The first-order valence-corrected chi connectivity index (χ1v) is 7.80. The standard InChI is InChI=1S/C16H15BrN2O5/c1-23-16(22)11-9-10(17)4-5-12(11)19-14(20)6-7-18-15(21)13-3-2-8-24-13/h2-5,8-9H,6-7H2,1H3,(H,18,21)(H,19,20). The minimum Gasteiger partial charge on any atom is -0.465 e. The molecule has 1 aromatic carbocycles. The van der Waals surface area contributed by atoms with E-state index < -0.39 is 11.9 Å². The van der Waals surface area contributed by atoms with Gasteiger partial charge in [-0.1, -0.05) is 15.9 Å². The third kappa shape index (κ3) is 4.69. The molecule has 2 N–H and O–H groups in total. The van der Waals surface area contributed by atoms with Crippen LogP contribution in [0.4, 0.5) is 5.69 Å². The molecule has 2 aromatic rings. The van der Waals surface area contributed by atoms with Crippen molar-refractivity contribution in [2.75, 3.05) is 19.0 Å². The fourth-order valence-corrected chi connectivity index (χ4v) is 2.26. The number of esters is 1. The molecule has 8 heteroatoms. The Hall–Kier alpha value is -2.61. The smallest absolute Gasteiger partial charge is 0.340 e. The van der Waals surface area contributed by atoms with Gasteiger partial charge in [-0.25, -0.2) is 4.79 Å². The van der Waals surface area contributed by atoms with Gasteiger partial charge in [0.25, 0.3) is 5.91 Å². The van der Waals surface area contributed by atoms with Crippen molar-refractivity contribution in [2.45, 2.75) is 6.42 Å². The number of halogens is 1. The van der Waals surface area contributed by atoms with E-state index in [0.717, 1.165) is 0 Å². The first-order valence-electron chi connectivity index (χ1n) is 7.00. The summed E-state index contributed by atoms with van der Waals surface area (Å²) in [5.74, 6) is -1.12. The van der Waals surface area contributed by atoms with E-state index >= 15 is 0 Å². The summed E-state index contributed by atoms with van der Waals surface area (Å²) in [6, 6.07) is 7.97. The lowest BCUT2D eigenvalue weighted by molar-refractivity contribution is -0.116. The highest BCUT2D eigenvalue weighted by Gasteiger charge is 2.15. The third-order valence-corrected chi connectivity index (χ3v) is 3.54. The lowest BCUT2D eigenvalue weighted by Crippen LogP contribution is -2.27. The maximum absolute atomic E-state index is 12.0. The number of furan rings is 1. The molecule has 7 nitrogen and oxygen atoms in total. The van der Waals surface area contributed by atoms with Gasteiger partial charge in [0.15, 0.2) is 5.76 Å². The van der Waals surface area contributed by atoms with Gasteiger partial charge in [-0.2, -0.15) is 0 Å². The quantitative estimate of drug-likeness (QED) is 0.733. The Morgan fingerprint density at radius 1 is 1.25 bits per heavy atom. The van der Waals surface area contributed by atoms with Gasteiger partial charge in [0.05, 0.1) is 24.6 Å². The molecule has 0 saturated heterocycles. The van der Waals surface area contributed by atoms with E-state index in [2.05, 4.69) is 31.3 Å². The van der Waals surface area contributed by atoms with Crippen LogP contribution in [0.2, 0.25) is 0 Å². The number of rotatable bonds is 6. The summed E-state index contributed by atoms with van der Waals surface area (Å²) < 4.78 is 10.3. The molecule has 2 amide bonds. The second-order valence-electron chi connectivity index (χ2n) is 4.71. The Bertz CT molecular complexity index is 743. The Kier molecular flexibility index (Phi) is 6.14. The lowest BCUT2D eigenvalue weighted by atomic mass is 10.1. The highest BCUT2D eigenvalue weighted by Crippen LogP contribution is 2.22. The number of anilines is 1. The molecule has 1 heterocycles. The molecule has 0 saturated carbocycles. The van der Waals surface area contributed by atoms with Crippen LogP contribution >= 0.6 is 15.9 Å². The topological polar surface area (TPSA) is 97.6 Å². The Balaban J connectivity index is 1.90. The molecule has 2 rings (SSSR count). The zero-order valence-electron chi connectivity index (χ0n) is 12.8. The highest BCUT2D eigenvalue weighted by molar-refractivity contribution is 9.10. The second-order valence-corrected chi connectivity index (χ2v) is 5.63. The number of carbonyl (C=O) groups excluding carboxylic acids is 3. The monoisotopic (exact) mass is 394 g/mol. The molecule has 1 aromatic heterocycles. The summed E-state index contributed by atoms with van der Waals surface area (Å²) in [7, 11) is 1.26. The van der Waals surface area contributed by atoms with Gasteiger partial charge in [0, 0.05) is 17.4 Å². The third-order valence-electron chi connectivity index (χ3n) is 3.04. The minimum atomic E-state index is -0.558. The van der Waals surface area contributed by atoms with E-state index in [9.17, 15) is 14.4 Å². The summed E-state index contributed by atoms with van der Waals surface area (Å²) in [4.78, 5) is 35.4. The summed E-state index contributed by atoms with van der Waals surface area (Å²) in [5.41, 5.74) is 0.576. The minimum absolute atomic E-state index is 0.0448. The van der Waals surface area contributed by atoms with Gasteiger partial charge in [-0.05, 0) is 30.3 Å². The summed E-state index contributed by atoms with van der Waals surface area (Å²) >= 11 is 3.26. The van der Waals surface area contributed by atoms with Crippen LogP contribution < -0.4 is 10.6 Å². The summed E-state index contributed by atoms with van der Waals surface area (Å²) in [6.45, 7) is 0.134.